The highest BCUT2D eigenvalue weighted by molar-refractivity contribution is 7.47. The minimum absolute atomic E-state index is 0.102. The second kappa shape index (κ2) is 46.6. The van der Waals surface area contributed by atoms with Crippen LogP contribution in [0.2, 0.25) is 0 Å². The number of carbonyl (C=O) groups is 4. The van der Waals surface area contributed by atoms with E-state index in [4.69, 9.17) is 37.0 Å². The topological polar surface area (TPSA) is 237 Å². The Bertz CT molecular complexity index is 1420. The van der Waals surface area contributed by atoms with E-state index in [0.717, 1.165) is 116 Å². The molecule has 0 aromatic carbocycles. The van der Waals surface area contributed by atoms with Crippen molar-refractivity contribution in [1.82, 2.24) is 0 Å². The third kappa shape index (κ3) is 47.5. The number of rotatable bonds is 52. The van der Waals surface area contributed by atoms with Crippen molar-refractivity contribution in [1.29, 1.82) is 0 Å². The van der Waals surface area contributed by atoms with Crippen LogP contribution >= 0.6 is 15.6 Å². The minimum atomic E-state index is -4.93. The number of hydrogen-bond donors (Lipinski definition) is 3. The van der Waals surface area contributed by atoms with Crippen LogP contribution in [-0.2, 0) is 65.4 Å². The molecule has 420 valence electrons. The molecule has 0 bridgehead atoms. The second-order valence-corrected chi connectivity index (χ2v) is 22.3. The lowest BCUT2D eigenvalue weighted by Crippen LogP contribution is -2.30. The van der Waals surface area contributed by atoms with Gasteiger partial charge in [0.25, 0.3) is 0 Å². The predicted octanol–water partition coefficient (Wildman–Crippen LogP) is 13.1. The average molecular weight is 1060 g/mol. The van der Waals surface area contributed by atoms with Crippen LogP contribution in [0, 0.1) is 5.92 Å². The van der Waals surface area contributed by atoms with Crippen molar-refractivity contribution in [3.05, 3.63) is 0 Å². The van der Waals surface area contributed by atoms with Crippen LogP contribution < -0.4 is 0 Å². The van der Waals surface area contributed by atoms with E-state index in [-0.39, 0.29) is 25.7 Å². The van der Waals surface area contributed by atoms with Gasteiger partial charge in [0, 0.05) is 25.7 Å². The molecular weight excluding hydrogens is 959 g/mol. The lowest BCUT2D eigenvalue weighted by molar-refractivity contribution is -0.161. The molecule has 5 atom stereocenters. The minimum Gasteiger partial charge on any atom is -0.462 e. The normalized spacial score (nSPS) is 14.6. The summed E-state index contributed by atoms with van der Waals surface area (Å²) in [7, 11) is -9.85. The first-order valence-electron chi connectivity index (χ1n) is 27.6. The Morgan fingerprint density at radius 2 is 0.648 bits per heavy atom. The van der Waals surface area contributed by atoms with E-state index in [1.807, 2.05) is 0 Å². The summed E-state index contributed by atoms with van der Waals surface area (Å²) in [5.41, 5.74) is 0. The van der Waals surface area contributed by atoms with Crippen molar-refractivity contribution in [2.75, 3.05) is 39.6 Å². The van der Waals surface area contributed by atoms with Crippen LogP contribution in [0.25, 0.3) is 0 Å². The van der Waals surface area contributed by atoms with E-state index in [2.05, 4.69) is 34.6 Å². The van der Waals surface area contributed by atoms with E-state index < -0.39 is 97.5 Å². The van der Waals surface area contributed by atoms with Crippen molar-refractivity contribution in [2.24, 2.45) is 5.92 Å². The maximum Gasteiger partial charge on any atom is 0.472 e. The van der Waals surface area contributed by atoms with Gasteiger partial charge in [0.15, 0.2) is 12.2 Å². The molecule has 0 amide bonds. The maximum atomic E-state index is 12.8. The van der Waals surface area contributed by atoms with E-state index in [1.165, 1.54) is 44.9 Å². The van der Waals surface area contributed by atoms with Crippen molar-refractivity contribution >= 4 is 39.5 Å². The lowest BCUT2D eigenvalue weighted by Gasteiger charge is -2.21. The van der Waals surface area contributed by atoms with Gasteiger partial charge in [-0.15, -0.1) is 0 Å². The van der Waals surface area contributed by atoms with E-state index in [1.54, 1.807) is 0 Å². The summed E-state index contributed by atoms with van der Waals surface area (Å²) in [6, 6.07) is 0. The van der Waals surface area contributed by atoms with Crippen LogP contribution in [-0.4, -0.2) is 96.7 Å². The summed E-state index contributed by atoms with van der Waals surface area (Å²) in [5, 5.41) is 10.4. The van der Waals surface area contributed by atoms with Gasteiger partial charge in [-0.25, -0.2) is 9.13 Å². The SMILES string of the molecule is CCCCCCCCCCCCC(=O)O[C@H](COC(=O)CCCCCCCCC(C)C)COP(=O)(O)OC[C@@H](O)COP(=O)(O)OC[C@@H](COC(=O)CCCCCCC)OC(=O)CCCCCCCCC. The Morgan fingerprint density at radius 3 is 0.958 bits per heavy atom. The molecule has 0 aromatic rings. The van der Waals surface area contributed by atoms with Crippen molar-refractivity contribution in [3.8, 4) is 0 Å². The van der Waals surface area contributed by atoms with Crippen LogP contribution in [0.1, 0.15) is 247 Å². The second-order valence-electron chi connectivity index (χ2n) is 19.4. The summed E-state index contributed by atoms with van der Waals surface area (Å²) in [4.78, 5) is 71.2. The Labute approximate surface area is 428 Å². The Hall–Kier alpha value is -1.94. The molecule has 0 aliphatic carbocycles. The molecule has 17 nitrogen and oxygen atoms in total. The van der Waals surface area contributed by atoms with E-state index in [9.17, 15) is 43.2 Å². The monoisotopic (exact) mass is 1060 g/mol. The summed E-state index contributed by atoms with van der Waals surface area (Å²) in [6.45, 7) is 6.87. The highest BCUT2D eigenvalue weighted by Crippen LogP contribution is 2.45. The summed E-state index contributed by atoms with van der Waals surface area (Å²) in [5.74, 6) is -1.49. The van der Waals surface area contributed by atoms with Gasteiger partial charge in [-0.3, -0.25) is 37.3 Å². The predicted molar refractivity (Wildman–Crippen MR) is 275 cm³/mol. The fourth-order valence-corrected chi connectivity index (χ4v) is 9.04. The fraction of sp³-hybridized carbons (Fsp3) is 0.923. The molecule has 2 unspecified atom stereocenters. The highest BCUT2D eigenvalue weighted by atomic mass is 31.2. The maximum absolute atomic E-state index is 12.8. The third-order valence-electron chi connectivity index (χ3n) is 11.8. The van der Waals surface area contributed by atoms with Gasteiger partial charge in [0.05, 0.1) is 26.4 Å². The lowest BCUT2D eigenvalue weighted by atomic mass is 10.0. The van der Waals surface area contributed by atoms with Crippen LogP contribution in [0.4, 0.5) is 0 Å². The number of aliphatic hydroxyl groups is 1. The molecule has 0 saturated heterocycles. The molecule has 0 rings (SSSR count). The van der Waals surface area contributed by atoms with Crippen molar-refractivity contribution in [3.63, 3.8) is 0 Å². The molecule has 0 aromatic heterocycles. The standard InChI is InChI=1S/C52H100O17P2/c1-6-9-12-15-17-18-19-21-28-33-38-52(57)69-48(42-63-50(55)36-31-26-23-22-25-29-34-45(4)5)44-67-71(60,61)65-40-46(53)39-64-70(58,59)66-43-47(41-62-49(54)35-30-24-14-11-8-3)68-51(56)37-32-27-20-16-13-10-7-2/h45-48,53H,6-44H2,1-5H3,(H,58,59)(H,60,61)/t46-,47+,48+/m0/s1. The molecule has 0 spiro atoms. The van der Waals surface area contributed by atoms with Crippen molar-refractivity contribution in [2.45, 2.75) is 265 Å². The number of hydrogen-bond acceptors (Lipinski definition) is 15. The quantitative estimate of drug-likeness (QED) is 0.0222. The van der Waals surface area contributed by atoms with Crippen LogP contribution in [0.5, 0.6) is 0 Å². The molecule has 0 radical (unpaired) electrons. The summed E-state index contributed by atoms with van der Waals surface area (Å²) < 4.78 is 67.1. The van der Waals surface area contributed by atoms with Gasteiger partial charge in [-0.2, -0.15) is 0 Å². The number of phosphoric ester groups is 2. The van der Waals surface area contributed by atoms with Gasteiger partial charge in [-0.1, -0.05) is 195 Å². The Kier molecular flexibility index (Phi) is 45.3. The fourth-order valence-electron chi connectivity index (χ4n) is 7.46. The Balaban J connectivity index is 5.18. The van der Waals surface area contributed by atoms with E-state index in [0.29, 0.717) is 31.6 Å². The van der Waals surface area contributed by atoms with Gasteiger partial charge >= 0.3 is 39.5 Å². The van der Waals surface area contributed by atoms with Gasteiger partial charge in [0.1, 0.15) is 19.3 Å². The van der Waals surface area contributed by atoms with Crippen LogP contribution in [0.15, 0.2) is 0 Å². The summed E-state index contributed by atoms with van der Waals surface area (Å²) >= 11 is 0. The highest BCUT2D eigenvalue weighted by Gasteiger charge is 2.30. The third-order valence-corrected chi connectivity index (χ3v) is 13.7. The zero-order valence-corrected chi connectivity index (χ0v) is 46.6. The van der Waals surface area contributed by atoms with Gasteiger partial charge in [-0.05, 0) is 31.6 Å². The van der Waals surface area contributed by atoms with Gasteiger partial charge in [0.2, 0.25) is 0 Å². The molecular formula is C52H100O17P2. The molecule has 0 aliphatic heterocycles. The molecule has 19 heteroatoms. The van der Waals surface area contributed by atoms with Crippen molar-refractivity contribution < 1.29 is 80.2 Å². The molecule has 0 aliphatic rings. The number of carbonyl (C=O) groups excluding carboxylic acids is 4. The number of unbranched alkanes of at least 4 members (excludes halogenated alkanes) is 24. The zero-order chi connectivity index (χ0) is 52.9. The molecule has 71 heavy (non-hydrogen) atoms. The molecule has 0 saturated carbocycles. The number of aliphatic hydroxyl groups excluding tert-OH is 1. The number of ether oxygens (including phenoxy) is 4. The van der Waals surface area contributed by atoms with Gasteiger partial charge < -0.3 is 33.8 Å². The molecule has 0 fully saturated rings. The first-order valence-corrected chi connectivity index (χ1v) is 30.6. The smallest absolute Gasteiger partial charge is 0.462 e. The number of phosphoric acid groups is 2. The van der Waals surface area contributed by atoms with Crippen LogP contribution in [0.3, 0.4) is 0 Å². The van der Waals surface area contributed by atoms with E-state index >= 15 is 0 Å². The number of esters is 4. The molecule has 3 N–H and O–H groups in total. The summed E-state index contributed by atoms with van der Waals surface area (Å²) in [6.07, 6.45) is 25.9. The average Bonchev–Trinajstić information content (AvgIpc) is 3.33. The first kappa shape index (κ1) is 69.1. The molecule has 0 heterocycles. The first-order chi connectivity index (χ1) is 34.0. The Morgan fingerprint density at radius 1 is 0.380 bits per heavy atom. The zero-order valence-electron chi connectivity index (χ0n) is 44.8. The largest absolute Gasteiger partial charge is 0.472 e.